The lowest BCUT2D eigenvalue weighted by Gasteiger charge is -2.16. The Bertz CT molecular complexity index is 244. The molecule has 0 unspecified atom stereocenters. The largest absolute Gasteiger partial charge is 0.362 e. The Labute approximate surface area is 74.6 Å². The number of hydrogen-bond donors (Lipinski definition) is 0. The molecular formula is C8H11F2NO2. The highest BCUT2D eigenvalue weighted by molar-refractivity contribution is 5.88. The molecule has 2 atom stereocenters. The number of carbonyl (C=O) groups excluding carboxylic acids is 1. The van der Waals surface area contributed by atoms with Crippen LogP contribution in [0.2, 0.25) is 0 Å². The van der Waals surface area contributed by atoms with E-state index in [1.807, 2.05) is 0 Å². The number of halogens is 2. The fraction of sp³-hybridized carbons (Fsp3) is 0.875. The minimum absolute atomic E-state index is 0.165. The molecule has 74 valence electrons. The van der Waals surface area contributed by atoms with Crippen LogP contribution in [0.25, 0.3) is 0 Å². The van der Waals surface area contributed by atoms with Gasteiger partial charge in [-0.05, 0) is 6.54 Å². The Hall–Kier alpha value is -0.550. The van der Waals surface area contributed by atoms with Crippen LogP contribution in [0.1, 0.15) is 6.92 Å². The standard InChI is InChI=1S/C8H11F2NO2/c1-2-11-4-8(9,10)7-6(11)5(12)3-13-7/h6-7H,2-4H2,1H3/t6-,7+/m1/s1. The van der Waals surface area contributed by atoms with Gasteiger partial charge < -0.3 is 4.74 Å². The van der Waals surface area contributed by atoms with E-state index in [4.69, 9.17) is 4.74 Å². The number of ketones is 1. The van der Waals surface area contributed by atoms with Crippen LogP contribution in [0.5, 0.6) is 0 Å². The first-order valence-electron chi connectivity index (χ1n) is 4.32. The summed E-state index contributed by atoms with van der Waals surface area (Å²) in [6.07, 6.45) is -1.21. The smallest absolute Gasteiger partial charge is 0.288 e. The summed E-state index contributed by atoms with van der Waals surface area (Å²) >= 11 is 0. The van der Waals surface area contributed by atoms with Crippen molar-refractivity contribution in [1.29, 1.82) is 0 Å². The van der Waals surface area contributed by atoms with E-state index in [1.54, 1.807) is 6.92 Å². The summed E-state index contributed by atoms with van der Waals surface area (Å²) in [7, 11) is 0. The monoisotopic (exact) mass is 191 g/mol. The van der Waals surface area contributed by atoms with Crippen LogP contribution in [-0.2, 0) is 9.53 Å². The van der Waals surface area contributed by atoms with E-state index in [0.29, 0.717) is 6.54 Å². The molecule has 5 heteroatoms. The molecule has 3 nitrogen and oxygen atoms in total. The second kappa shape index (κ2) is 2.72. The molecular weight excluding hydrogens is 180 g/mol. The van der Waals surface area contributed by atoms with Crippen LogP contribution in [0, 0.1) is 0 Å². The number of ether oxygens (including phenoxy) is 1. The van der Waals surface area contributed by atoms with Gasteiger partial charge in [-0.15, -0.1) is 0 Å². The first kappa shape index (κ1) is 9.02. The Morgan fingerprint density at radius 1 is 1.69 bits per heavy atom. The van der Waals surface area contributed by atoms with E-state index >= 15 is 0 Å². The lowest BCUT2D eigenvalue weighted by Crippen LogP contribution is -2.38. The maximum absolute atomic E-state index is 13.2. The van der Waals surface area contributed by atoms with E-state index in [-0.39, 0.29) is 18.9 Å². The highest BCUT2D eigenvalue weighted by Crippen LogP contribution is 2.37. The number of carbonyl (C=O) groups is 1. The summed E-state index contributed by atoms with van der Waals surface area (Å²) in [5.41, 5.74) is 0. The Morgan fingerprint density at radius 2 is 2.38 bits per heavy atom. The fourth-order valence-corrected chi connectivity index (χ4v) is 2.03. The SMILES string of the molecule is CCN1CC(F)(F)[C@H]2OCC(=O)[C@H]21. The number of likely N-dealkylation sites (tertiary alicyclic amines) is 1. The second-order valence-electron chi connectivity index (χ2n) is 3.47. The normalized spacial score (nSPS) is 38.2. The van der Waals surface area contributed by atoms with Gasteiger partial charge in [0, 0.05) is 0 Å². The van der Waals surface area contributed by atoms with Crippen molar-refractivity contribution in [3.8, 4) is 0 Å². The summed E-state index contributed by atoms with van der Waals surface area (Å²) in [6, 6.07) is -0.708. The van der Waals surface area contributed by atoms with E-state index < -0.39 is 18.1 Å². The van der Waals surface area contributed by atoms with Crippen LogP contribution in [0.4, 0.5) is 8.78 Å². The average molecular weight is 191 g/mol. The minimum atomic E-state index is -2.87. The van der Waals surface area contributed by atoms with Crippen LogP contribution in [-0.4, -0.2) is 48.4 Å². The minimum Gasteiger partial charge on any atom is -0.362 e. The molecule has 0 aromatic carbocycles. The molecule has 0 spiro atoms. The maximum atomic E-state index is 13.2. The van der Waals surface area contributed by atoms with Gasteiger partial charge in [0.05, 0.1) is 6.54 Å². The summed E-state index contributed by atoms with van der Waals surface area (Å²) in [4.78, 5) is 12.7. The zero-order chi connectivity index (χ0) is 9.64. The molecule has 2 aliphatic heterocycles. The fourth-order valence-electron chi connectivity index (χ4n) is 2.03. The predicted molar refractivity (Wildman–Crippen MR) is 40.7 cm³/mol. The highest BCUT2D eigenvalue weighted by atomic mass is 19.3. The lowest BCUT2D eigenvalue weighted by atomic mass is 10.1. The zero-order valence-electron chi connectivity index (χ0n) is 7.30. The number of Topliss-reactive ketones (excluding diaryl/α,β-unsaturated/α-hetero) is 1. The van der Waals surface area contributed by atoms with E-state index in [2.05, 4.69) is 0 Å². The van der Waals surface area contributed by atoms with Crippen molar-refractivity contribution in [2.75, 3.05) is 19.7 Å². The van der Waals surface area contributed by atoms with Gasteiger partial charge in [-0.25, -0.2) is 8.78 Å². The van der Waals surface area contributed by atoms with Crippen LogP contribution < -0.4 is 0 Å². The van der Waals surface area contributed by atoms with Crippen LogP contribution in [0.3, 0.4) is 0 Å². The molecule has 2 fully saturated rings. The third-order valence-electron chi connectivity index (χ3n) is 2.65. The van der Waals surface area contributed by atoms with Crippen molar-refractivity contribution in [2.24, 2.45) is 0 Å². The molecule has 13 heavy (non-hydrogen) atoms. The molecule has 0 N–H and O–H groups in total. The first-order valence-corrected chi connectivity index (χ1v) is 4.32. The maximum Gasteiger partial charge on any atom is 0.288 e. The number of alkyl halides is 2. The van der Waals surface area contributed by atoms with E-state index in [1.165, 1.54) is 4.90 Å². The predicted octanol–water partition coefficient (Wildman–Crippen LogP) is 0.294. The molecule has 2 heterocycles. The Kier molecular flexibility index (Phi) is 1.89. The topological polar surface area (TPSA) is 29.5 Å². The van der Waals surface area contributed by atoms with Crippen molar-refractivity contribution in [2.45, 2.75) is 25.0 Å². The molecule has 0 bridgehead atoms. The highest BCUT2D eigenvalue weighted by Gasteiger charge is 2.60. The van der Waals surface area contributed by atoms with E-state index in [0.717, 1.165) is 0 Å². The van der Waals surface area contributed by atoms with Crippen LogP contribution in [0.15, 0.2) is 0 Å². The van der Waals surface area contributed by atoms with Gasteiger partial charge in [0.1, 0.15) is 18.8 Å². The molecule has 0 aromatic heterocycles. The van der Waals surface area contributed by atoms with Gasteiger partial charge in [-0.3, -0.25) is 9.69 Å². The van der Waals surface area contributed by atoms with Crippen molar-refractivity contribution in [1.82, 2.24) is 4.90 Å². The Balaban J connectivity index is 2.26. The number of nitrogens with zero attached hydrogens (tertiary/aromatic N) is 1. The number of likely N-dealkylation sites (N-methyl/N-ethyl adjacent to an activating group) is 1. The summed E-state index contributed by atoms with van der Waals surface area (Å²) in [5.74, 6) is -3.09. The van der Waals surface area contributed by atoms with Gasteiger partial charge in [0.15, 0.2) is 5.78 Å². The molecule has 0 aromatic rings. The van der Waals surface area contributed by atoms with Crippen LogP contribution >= 0.6 is 0 Å². The average Bonchev–Trinajstić information content (AvgIpc) is 2.54. The molecule has 0 aliphatic carbocycles. The number of rotatable bonds is 1. The number of fused-ring (bicyclic) bond motifs is 1. The van der Waals surface area contributed by atoms with Gasteiger partial charge >= 0.3 is 0 Å². The van der Waals surface area contributed by atoms with Gasteiger partial charge in [-0.1, -0.05) is 6.92 Å². The lowest BCUT2D eigenvalue weighted by molar-refractivity contribution is -0.122. The van der Waals surface area contributed by atoms with Crippen molar-refractivity contribution in [3.63, 3.8) is 0 Å². The number of hydrogen-bond acceptors (Lipinski definition) is 3. The molecule has 0 amide bonds. The molecule has 2 saturated heterocycles. The zero-order valence-corrected chi connectivity index (χ0v) is 7.30. The van der Waals surface area contributed by atoms with Gasteiger partial charge in [0.2, 0.25) is 0 Å². The van der Waals surface area contributed by atoms with E-state index in [9.17, 15) is 13.6 Å². The van der Waals surface area contributed by atoms with Crippen molar-refractivity contribution >= 4 is 5.78 Å². The molecule has 0 radical (unpaired) electrons. The molecule has 0 saturated carbocycles. The van der Waals surface area contributed by atoms with Gasteiger partial charge in [0.25, 0.3) is 5.92 Å². The third-order valence-corrected chi connectivity index (χ3v) is 2.65. The summed E-state index contributed by atoms with van der Waals surface area (Å²) < 4.78 is 31.2. The molecule has 2 aliphatic rings. The summed E-state index contributed by atoms with van der Waals surface area (Å²) in [5, 5.41) is 0. The van der Waals surface area contributed by atoms with Crippen molar-refractivity contribution in [3.05, 3.63) is 0 Å². The van der Waals surface area contributed by atoms with Crippen molar-refractivity contribution < 1.29 is 18.3 Å². The second-order valence-corrected chi connectivity index (χ2v) is 3.47. The third kappa shape index (κ3) is 1.18. The summed E-state index contributed by atoms with van der Waals surface area (Å²) in [6.45, 7) is 1.71. The Morgan fingerprint density at radius 3 is 3.00 bits per heavy atom. The first-order chi connectivity index (χ1) is 6.06. The van der Waals surface area contributed by atoms with Gasteiger partial charge in [-0.2, -0.15) is 0 Å². The molecule has 2 rings (SSSR count). The quantitative estimate of drug-likeness (QED) is 0.596.